The van der Waals surface area contributed by atoms with E-state index in [-0.39, 0.29) is 5.69 Å². The highest BCUT2D eigenvalue weighted by atomic mass is 19.2. The number of benzene rings is 1. The smallest absolute Gasteiger partial charge is 0.316 e. The number of anilines is 1. The lowest BCUT2D eigenvalue weighted by molar-refractivity contribution is -0.137. The molecule has 0 spiro atoms. The molecule has 7 heteroatoms. The fourth-order valence-electron chi connectivity index (χ4n) is 3.68. The van der Waals surface area contributed by atoms with Crippen molar-refractivity contribution < 1.29 is 18.4 Å². The van der Waals surface area contributed by atoms with E-state index in [1.54, 1.807) is 0 Å². The molecule has 5 nitrogen and oxygen atoms in total. The van der Waals surface area contributed by atoms with Crippen molar-refractivity contribution in [2.24, 2.45) is 11.8 Å². The number of carbonyl (C=O) groups excluding carboxylic acids is 2. The predicted octanol–water partition coefficient (Wildman–Crippen LogP) is 2.80. The number of likely N-dealkylation sites (N-methyl/N-ethyl adjacent to an activating group) is 1. The molecule has 1 N–H and O–H groups in total. The maximum atomic E-state index is 13.3. The summed E-state index contributed by atoms with van der Waals surface area (Å²) in [6.07, 6.45) is 3.01. The molecule has 2 atom stereocenters. The Morgan fingerprint density at radius 3 is 2.44 bits per heavy atom. The maximum Gasteiger partial charge on any atom is 0.316 e. The zero-order chi connectivity index (χ0) is 20.0. The summed E-state index contributed by atoms with van der Waals surface area (Å²) in [5.74, 6) is -2.17. The van der Waals surface area contributed by atoms with Crippen LogP contribution in [0.2, 0.25) is 0 Å². The van der Waals surface area contributed by atoms with Gasteiger partial charge in [-0.1, -0.05) is 13.8 Å². The quantitative estimate of drug-likeness (QED) is 0.609. The second kappa shape index (κ2) is 9.78. The first-order chi connectivity index (χ1) is 12.8. The summed E-state index contributed by atoms with van der Waals surface area (Å²) < 4.78 is 26.3. The van der Waals surface area contributed by atoms with E-state index >= 15 is 0 Å². The predicted molar refractivity (Wildman–Crippen MR) is 101 cm³/mol. The fourth-order valence-corrected chi connectivity index (χ4v) is 3.68. The topological polar surface area (TPSA) is 52.7 Å². The number of nitrogens with one attached hydrogen (secondary N) is 1. The Bertz CT molecular complexity index is 659. The van der Waals surface area contributed by atoms with Gasteiger partial charge < -0.3 is 15.1 Å². The van der Waals surface area contributed by atoms with Crippen LogP contribution in [-0.4, -0.2) is 49.9 Å². The summed E-state index contributed by atoms with van der Waals surface area (Å²) in [6.45, 7) is 8.20. The van der Waals surface area contributed by atoms with Gasteiger partial charge in [-0.15, -0.1) is 0 Å². The SMILES string of the molecule is C[C@H]1C[C@H](C)CN(CCCCNC(=O)C(=O)N(C)c2ccc(F)c(F)c2)C1. The van der Waals surface area contributed by atoms with Crippen molar-refractivity contribution in [1.29, 1.82) is 0 Å². The van der Waals surface area contributed by atoms with E-state index in [0.717, 1.165) is 61.3 Å². The molecule has 27 heavy (non-hydrogen) atoms. The number of rotatable bonds is 6. The highest BCUT2D eigenvalue weighted by Gasteiger charge is 2.22. The number of piperidine rings is 1. The van der Waals surface area contributed by atoms with Gasteiger partial charge in [-0.25, -0.2) is 8.78 Å². The van der Waals surface area contributed by atoms with Crippen molar-refractivity contribution in [2.45, 2.75) is 33.1 Å². The number of hydrogen-bond donors (Lipinski definition) is 1. The molecule has 0 aliphatic carbocycles. The first-order valence-electron chi connectivity index (χ1n) is 9.51. The summed E-state index contributed by atoms with van der Waals surface area (Å²) >= 11 is 0. The van der Waals surface area contributed by atoms with Gasteiger partial charge in [0.2, 0.25) is 0 Å². The number of likely N-dealkylation sites (tertiary alicyclic amines) is 1. The van der Waals surface area contributed by atoms with Crippen molar-refractivity contribution in [3.05, 3.63) is 29.8 Å². The van der Waals surface area contributed by atoms with Gasteiger partial charge in [0.25, 0.3) is 0 Å². The monoisotopic (exact) mass is 381 g/mol. The molecule has 1 aliphatic heterocycles. The largest absolute Gasteiger partial charge is 0.348 e. The number of carbonyl (C=O) groups is 2. The Balaban J connectivity index is 1.70. The van der Waals surface area contributed by atoms with E-state index in [1.165, 1.54) is 19.5 Å². The third-order valence-electron chi connectivity index (χ3n) is 4.92. The number of unbranched alkanes of at least 4 members (excludes halogenated alkanes) is 1. The third kappa shape index (κ3) is 6.27. The molecule has 2 rings (SSSR count). The zero-order valence-electron chi connectivity index (χ0n) is 16.3. The second-order valence-corrected chi connectivity index (χ2v) is 7.63. The Hall–Kier alpha value is -2.02. The molecule has 0 unspecified atom stereocenters. The lowest BCUT2D eigenvalue weighted by atomic mass is 9.92. The average Bonchev–Trinajstić information content (AvgIpc) is 2.61. The first-order valence-corrected chi connectivity index (χ1v) is 9.51. The van der Waals surface area contributed by atoms with Crippen LogP contribution in [0, 0.1) is 23.5 Å². The van der Waals surface area contributed by atoms with Crippen LogP contribution in [0.3, 0.4) is 0 Å². The summed E-state index contributed by atoms with van der Waals surface area (Å²) in [7, 11) is 1.35. The Morgan fingerprint density at radius 2 is 1.81 bits per heavy atom. The van der Waals surface area contributed by atoms with Crippen LogP contribution in [0.4, 0.5) is 14.5 Å². The van der Waals surface area contributed by atoms with Gasteiger partial charge in [0.1, 0.15) is 0 Å². The fraction of sp³-hybridized carbons (Fsp3) is 0.600. The highest BCUT2D eigenvalue weighted by Crippen LogP contribution is 2.21. The van der Waals surface area contributed by atoms with Crippen LogP contribution in [0.15, 0.2) is 18.2 Å². The lowest BCUT2D eigenvalue weighted by Gasteiger charge is -2.34. The van der Waals surface area contributed by atoms with E-state index in [1.807, 2.05) is 0 Å². The number of hydrogen-bond acceptors (Lipinski definition) is 3. The Kier molecular flexibility index (Phi) is 7.71. The number of amides is 2. The van der Waals surface area contributed by atoms with Crippen LogP contribution in [-0.2, 0) is 9.59 Å². The van der Waals surface area contributed by atoms with Crippen molar-refractivity contribution in [3.63, 3.8) is 0 Å². The standard InChI is InChI=1S/C20H29F2N3O2/c1-14-10-15(2)13-25(12-14)9-5-4-8-23-19(26)20(27)24(3)16-6-7-17(21)18(22)11-16/h6-7,11,14-15H,4-5,8-10,12-13H2,1-3H3,(H,23,26)/t14-,15-/m0/s1. The van der Waals surface area contributed by atoms with E-state index < -0.39 is 23.4 Å². The third-order valence-corrected chi connectivity index (χ3v) is 4.92. The van der Waals surface area contributed by atoms with E-state index in [9.17, 15) is 18.4 Å². The van der Waals surface area contributed by atoms with Crippen molar-refractivity contribution in [1.82, 2.24) is 10.2 Å². The molecule has 150 valence electrons. The van der Waals surface area contributed by atoms with Crippen LogP contribution in [0.25, 0.3) is 0 Å². The van der Waals surface area contributed by atoms with E-state index in [0.29, 0.717) is 6.54 Å². The minimum Gasteiger partial charge on any atom is -0.348 e. The molecule has 1 aliphatic rings. The zero-order valence-corrected chi connectivity index (χ0v) is 16.3. The molecular formula is C20H29F2N3O2. The molecule has 1 heterocycles. The molecule has 0 aromatic heterocycles. The minimum absolute atomic E-state index is 0.127. The molecule has 1 aromatic rings. The molecule has 0 bridgehead atoms. The van der Waals surface area contributed by atoms with Gasteiger partial charge in [-0.3, -0.25) is 9.59 Å². The summed E-state index contributed by atoms with van der Waals surface area (Å²) in [5.41, 5.74) is 0.127. The van der Waals surface area contributed by atoms with Crippen LogP contribution in [0.5, 0.6) is 0 Å². The van der Waals surface area contributed by atoms with Crippen molar-refractivity contribution in [2.75, 3.05) is 38.1 Å². The molecule has 1 saturated heterocycles. The summed E-state index contributed by atoms with van der Waals surface area (Å²) in [4.78, 5) is 27.6. The molecule has 0 radical (unpaired) electrons. The van der Waals surface area contributed by atoms with Gasteiger partial charge >= 0.3 is 11.8 Å². The van der Waals surface area contributed by atoms with Crippen LogP contribution >= 0.6 is 0 Å². The Morgan fingerprint density at radius 1 is 1.15 bits per heavy atom. The molecule has 1 fully saturated rings. The molecule has 1 aromatic carbocycles. The van der Waals surface area contributed by atoms with E-state index in [4.69, 9.17) is 0 Å². The number of nitrogens with zero attached hydrogens (tertiary/aromatic N) is 2. The molecular weight excluding hydrogens is 352 g/mol. The minimum atomic E-state index is -1.06. The molecule has 0 saturated carbocycles. The lowest BCUT2D eigenvalue weighted by Crippen LogP contribution is -2.42. The van der Waals surface area contributed by atoms with Gasteiger partial charge in [0.05, 0.1) is 0 Å². The van der Waals surface area contributed by atoms with Gasteiger partial charge in [0, 0.05) is 38.4 Å². The summed E-state index contributed by atoms with van der Waals surface area (Å²) in [5, 5.41) is 2.60. The van der Waals surface area contributed by atoms with Gasteiger partial charge in [-0.2, -0.15) is 0 Å². The average molecular weight is 381 g/mol. The van der Waals surface area contributed by atoms with Crippen LogP contribution in [0.1, 0.15) is 33.1 Å². The number of halogens is 2. The summed E-state index contributed by atoms with van der Waals surface area (Å²) in [6, 6.07) is 3.07. The maximum absolute atomic E-state index is 13.3. The highest BCUT2D eigenvalue weighted by molar-refractivity contribution is 6.40. The molecule has 2 amide bonds. The van der Waals surface area contributed by atoms with Crippen molar-refractivity contribution in [3.8, 4) is 0 Å². The van der Waals surface area contributed by atoms with Gasteiger partial charge in [-0.05, 0) is 49.8 Å². The van der Waals surface area contributed by atoms with Crippen molar-refractivity contribution >= 4 is 17.5 Å². The van der Waals surface area contributed by atoms with E-state index in [2.05, 4.69) is 24.1 Å². The first kappa shape index (κ1) is 21.3. The Labute approximate surface area is 159 Å². The second-order valence-electron chi connectivity index (χ2n) is 7.63. The van der Waals surface area contributed by atoms with Crippen LogP contribution < -0.4 is 10.2 Å². The van der Waals surface area contributed by atoms with Gasteiger partial charge in [0.15, 0.2) is 11.6 Å². The normalized spacial score (nSPS) is 20.3.